The number of amides is 1. The number of carbonyl (C=O) groups is 1. The second kappa shape index (κ2) is 6.85. The topological polar surface area (TPSA) is 29.1 Å². The van der Waals surface area contributed by atoms with E-state index in [1.165, 1.54) is 18.2 Å². The molecule has 2 rings (SSSR count). The van der Waals surface area contributed by atoms with Crippen LogP contribution in [0.3, 0.4) is 0 Å². The van der Waals surface area contributed by atoms with Crippen molar-refractivity contribution in [2.75, 3.05) is 5.32 Å². The zero-order valence-electron chi connectivity index (χ0n) is 12.0. The lowest BCUT2D eigenvalue weighted by atomic mass is 9.97. The minimum atomic E-state index is -0.432. The fourth-order valence-corrected chi connectivity index (χ4v) is 2.55. The molecule has 1 amide bonds. The van der Waals surface area contributed by atoms with Crippen molar-refractivity contribution in [2.45, 2.75) is 26.2 Å². The van der Waals surface area contributed by atoms with Gasteiger partial charge >= 0.3 is 0 Å². The van der Waals surface area contributed by atoms with Crippen molar-refractivity contribution >= 4 is 27.5 Å². The molecule has 2 nitrogen and oxygen atoms in total. The molecule has 110 valence electrons. The van der Waals surface area contributed by atoms with Crippen LogP contribution in [0.1, 0.15) is 42.1 Å². The molecule has 0 radical (unpaired) electrons. The number of hydrogen-bond donors (Lipinski definition) is 1. The van der Waals surface area contributed by atoms with Crippen LogP contribution in [0.4, 0.5) is 10.1 Å². The molecule has 0 aromatic heterocycles. The van der Waals surface area contributed by atoms with Gasteiger partial charge in [-0.25, -0.2) is 4.39 Å². The average molecular weight is 350 g/mol. The van der Waals surface area contributed by atoms with E-state index in [1.54, 1.807) is 0 Å². The van der Waals surface area contributed by atoms with Gasteiger partial charge in [0, 0.05) is 10.2 Å². The number of para-hydroxylation sites is 1. The molecule has 1 N–H and O–H groups in total. The van der Waals surface area contributed by atoms with Crippen molar-refractivity contribution in [3.63, 3.8) is 0 Å². The first-order valence-electron chi connectivity index (χ1n) is 6.88. The highest BCUT2D eigenvalue weighted by atomic mass is 79.9. The maximum atomic E-state index is 13.3. The van der Waals surface area contributed by atoms with Gasteiger partial charge in [-0.1, -0.05) is 32.0 Å². The summed E-state index contributed by atoms with van der Waals surface area (Å²) in [4.78, 5) is 12.3. The van der Waals surface area contributed by atoms with Crippen LogP contribution in [0, 0.1) is 5.82 Å². The summed E-state index contributed by atoms with van der Waals surface area (Å²) in [6.45, 7) is 4.22. The molecule has 0 bridgehead atoms. The van der Waals surface area contributed by atoms with Crippen LogP contribution >= 0.6 is 15.9 Å². The van der Waals surface area contributed by atoms with E-state index < -0.39 is 5.82 Å². The summed E-state index contributed by atoms with van der Waals surface area (Å²) < 4.78 is 13.9. The Labute approximate surface area is 132 Å². The number of halogens is 2. The maximum Gasteiger partial charge on any atom is 0.256 e. The van der Waals surface area contributed by atoms with Crippen molar-refractivity contribution in [1.82, 2.24) is 0 Å². The molecule has 1 atom stereocenters. The van der Waals surface area contributed by atoms with Gasteiger partial charge in [-0.05, 0) is 58.1 Å². The largest absolute Gasteiger partial charge is 0.322 e. The van der Waals surface area contributed by atoms with Crippen LogP contribution in [0.25, 0.3) is 0 Å². The monoisotopic (exact) mass is 349 g/mol. The Bertz CT molecular complexity index is 657. The Balaban J connectivity index is 2.30. The fraction of sp³-hybridized carbons (Fsp3) is 0.235. The Morgan fingerprint density at radius 3 is 2.71 bits per heavy atom. The van der Waals surface area contributed by atoms with Gasteiger partial charge in [0.2, 0.25) is 0 Å². The van der Waals surface area contributed by atoms with Crippen molar-refractivity contribution < 1.29 is 9.18 Å². The molecule has 0 saturated heterocycles. The van der Waals surface area contributed by atoms with Crippen LogP contribution in [-0.2, 0) is 0 Å². The molecule has 2 aromatic rings. The maximum absolute atomic E-state index is 13.3. The van der Waals surface area contributed by atoms with E-state index in [0.29, 0.717) is 10.4 Å². The third-order valence-corrected chi connectivity index (χ3v) is 4.22. The van der Waals surface area contributed by atoms with Gasteiger partial charge in [-0.2, -0.15) is 0 Å². The van der Waals surface area contributed by atoms with Crippen LogP contribution in [-0.4, -0.2) is 5.91 Å². The smallest absolute Gasteiger partial charge is 0.256 e. The zero-order valence-corrected chi connectivity index (χ0v) is 13.6. The Morgan fingerprint density at radius 2 is 2.00 bits per heavy atom. The van der Waals surface area contributed by atoms with Crippen LogP contribution in [0.15, 0.2) is 46.9 Å². The zero-order chi connectivity index (χ0) is 15.4. The van der Waals surface area contributed by atoms with Crippen molar-refractivity contribution in [2.24, 2.45) is 0 Å². The summed E-state index contributed by atoms with van der Waals surface area (Å²) >= 11 is 3.28. The molecule has 4 heteroatoms. The van der Waals surface area contributed by atoms with E-state index >= 15 is 0 Å². The van der Waals surface area contributed by atoms with E-state index in [2.05, 4.69) is 35.1 Å². The average Bonchev–Trinajstić information content (AvgIpc) is 2.49. The van der Waals surface area contributed by atoms with Crippen LogP contribution in [0.2, 0.25) is 0 Å². The summed E-state index contributed by atoms with van der Waals surface area (Å²) in [7, 11) is 0. The summed E-state index contributed by atoms with van der Waals surface area (Å²) in [6, 6.07) is 11.8. The minimum Gasteiger partial charge on any atom is -0.322 e. The SMILES string of the molecule is CCC(C)c1ccccc1NC(=O)c1cc(F)ccc1Br. The van der Waals surface area contributed by atoms with E-state index in [9.17, 15) is 9.18 Å². The highest BCUT2D eigenvalue weighted by Gasteiger charge is 2.14. The highest BCUT2D eigenvalue weighted by Crippen LogP contribution is 2.27. The number of carbonyl (C=O) groups excluding carboxylic acids is 1. The van der Waals surface area contributed by atoms with Gasteiger partial charge in [-0.15, -0.1) is 0 Å². The molecule has 2 aromatic carbocycles. The van der Waals surface area contributed by atoms with Crippen molar-refractivity contribution in [3.05, 3.63) is 63.9 Å². The number of rotatable bonds is 4. The second-order valence-corrected chi connectivity index (χ2v) is 5.83. The Hall–Kier alpha value is -1.68. The van der Waals surface area contributed by atoms with Gasteiger partial charge < -0.3 is 5.32 Å². The third kappa shape index (κ3) is 3.70. The van der Waals surface area contributed by atoms with E-state index in [1.807, 2.05) is 24.3 Å². The number of nitrogens with one attached hydrogen (secondary N) is 1. The summed E-state index contributed by atoms with van der Waals surface area (Å²) in [5.74, 6) is -0.409. The molecule has 0 heterocycles. The van der Waals surface area contributed by atoms with Crippen molar-refractivity contribution in [3.8, 4) is 0 Å². The predicted molar refractivity (Wildman–Crippen MR) is 87.2 cm³/mol. The van der Waals surface area contributed by atoms with E-state index in [0.717, 1.165) is 17.7 Å². The molecular formula is C17H17BrFNO. The van der Waals surface area contributed by atoms with Gasteiger partial charge in [0.25, 0.3) is 5.91 Å². The summed E-state index contributed by atoms with van der Waals surface area (Å²) in [5.41, 5.74) is 2.14. The lowest BCUT2D eigenvalue weighted by molar-refractivity contribution is 0.102. The van der Waals surface area contributed by atoms with Crippen LogP contribution < -0.4 is 5.32 Å². The predicted octanol–water partition coefficient (Wildman–Crippen LogP) is 5.35. The van der Waals surface area contributed by atoms with Crippen molar-refractivity contribution in [1.29, 1.82) is 0 Å². The second-order valence-electron chi connectivity index (χ2n) is 4.97. The number of benzene rings is 2. The van der Waals surface area contributed by atoms with Gasteiger partial charge in [0.05, 0.1) is 5.56 Å². The summed E-state index contributed by atoms with van der Waals surface area (Å²) in [5, 5.41) is 2.87. The minimum absolute atomic E-state index is 0.286. The van der Waals surface area contributed by atoms with Gasteiger partial charge in [0.1, 0.15) is 5.82 Å². The quantitative estimate of drug-likeness (QED) is 0.791. The van der Waals surface area contributed by atoms with Gasteiger partial charge in [-0.3, -0.25) is 4.79 Å². The van der Waals surface area contributed by atoms with E-state index in [-0.39, 0.29) is 11.5 Å². The normalized spacial score (nSPS) is 12.0. The Kier molecular flexibility index (Phi) is 5.12. The summed E-state index contributed by atoms with van der Waals surface area (Å²) in [6.07, 6.45) is 0.983. The standard InChI is InChI=1S/C17H17BrFNO/c1-3-11(2)13-6-4-5-7-16(13)20-17(21)14-10-12(19)8-9-15(14)18/h4-11H,3H2,1-2H3,(H,20,21). The number of hydrogen-bond acceptors (Lipinski definition) is 1. The molecule has 0 aliphatic heterocycles. The van der Waals surface area contributed by atoms with Gasteiger partial charge in [0.15, 0.2) is 0 Å². The molecule has 0 spiro atoms. The first-order valence-corrected chi connectivity index (χ1v) is 7.67. The first kappa shape index (κ1) is 15.7. The molecular weight excluding hydrogens is 333 g/mol. The van der Waals surface area contributed by atoms with Crippen LogP contribution in [0.5, 0.6) is 0 Å². The fourth-order valence-electron chi connectivity index (χ4n) is 2.12. The first-order chi connectivity index (χ1) is 10.0. The number of anilines is 1. The molecule has 0 aliphatic rings. The Morgan fingerprint density at radius 1 is 1.29 bits per heavy atom. The lowest BCUT2D eigenvalue weighted by Crippen LogP contribution is -2.14. The van der Waals surface area contributed by atoms with E-state index in [4.69, 9.17) is 0 Å². The molecule has 0 fully saturated rings. The highest BCUT2D eigenvalue weighted by molar-refractivity contribution is 9.10. The third-order valence-electron chi connectivity index (χ3n) is 3.53. The molecule has 0 saturated carbocycles. The molecule has 0 aliphatic carbocycles. The molecule has 1 unspecified atom stereocenters. The lowest BCUT2D eigenvalue weighted by Gasteiger charge is -2.16. The molecule has 21 heavy (non-hydrogen) atoms.